The average molecular weight is 481 g/mol. The van der Waals surface area contributed by atoms with Crippen molar-refractivity contribution in [2.45, 2.75) is 180 Å². The summed E-state index contributed by atoms with van der Waals surface area (Å²) in [7, 11) is 1.45. The van der Waals surface area contributed by atoms with Gasteiger partial charge in [-0.25, -0.2) is 0 Å². The molecule has 3 heteroatoms. The van der Waals surface area contributed by atoms with Crippen molar-refractivity contribution < 1.29 is 14.3 Å². The average Bonchev–Trinajstić information content (AvgIpc) is 2.84. The van der Waals surface area contributed by atoms with E-state index in [1.165, 1.54) is 136 Å². The van der Waals surface area contributed by atoms with E-state index in [4.69, 9.17) is 0 Å². The van der Waals surface area contributed by atoms with Crippen molar-refractivity contribution in [3.63, 3.8) is 0 Å². The van der Waals surface area contributed by atoms with Crippen LogP contribution in [0.3, 0.4) is 0 Å². The van der Waals surface area contributed by atoms with Gasteiger partial charge in [0.15, 0.2) is 0 Å². The van der Waals surface area contributed by atoms with Crippen molar-refractivity contribution in [1.29, 1.82) is 0 Å². The molecule has 0 aromatic heterocycles. The van der Waals surface area contributed by atoms with E-state index < -0.39 is 0 Å². The van der Waals surface area contributed by atoms with E-state index >= 15 is 0 Å². The monoisotopic (exact) mass is 480 g/mol. The Kier molecular flexibility index (Phi) is 27.7. The maximum atomic E-state index is 12.0. The minimum Gasteiger partial charge on any atom is -0.469 e. The number of hydrogen-bond donors (Lipinski definition) is 0. The molecule has 0 heterocycles. The SMILES string of the molecule is CCCCCCCCCCCCCCCCCCCC(=O)CCCCCCCCCC(=O)OC. The number of unbranched alkanes of at least 4 members (excludes halogenated alkanes) is 22. The van der Waals surface area contributed by atoms with Crippen LogP contribution >= 0.6 is 0 Å². The molecule has 0 aliphatic carbocycles. The van der Waals surface area contributed by atoms with Crippen LogP contribution in [0.1, 0.15) is 180 Å². The Morgan fingerprint density at radius 1 is 0.412 bits per heavy atom. The van der Waals surface area contributed by atoms with Crippen LogP contribution in [-0.2, 0) is 14.3 Å². The van der Waals surface area contributed by atoms with Crippen LogP contribution in [0.4, 0.5) is 0 Å². The van der Waals surface area contributed by atoms with Crippen LogP contribution in [0.2, 0.25) is 0 Å². The summed E-state index contributed by atoms with van der Waals surface area (Å²) >= 11 is 0. The smallest absolute Gasteiger partial charge is 0.305 e. The Morgan fingerprint density at radius 2 is 0.676 bits per heavy atom. The number of ketones is 1. The van der Waals surface area contributed by atoms with Gasteiger partial charge >= 0.3 is 5.97 Å². The molecule has 3 nitrogen and oxygen atoms in total. The molecule has 0 radical (unpaired) electrons. The first kappa shape index (κ1) is 33.1. The number of esters is 1. The second kappa shape index (κ2) is 28.4. The lowest BCUT2D eigenvalue weighted by Gasteiger charge is -2.04. The zero-order valence-electron chi connectivity index (χ0n) is 23.3. The van der Waals surface area contributed by atoms with E-state index in [9.17, 15) is 9.59 Å². The Hall–Kier alpha value is -0.860. The van der Waals surface area contributed by atoms with Gasteiger partial charge in [0.1, 0.15) is 5.78 Å². The summed E-state index contributed by atoms with van der Waals surface area (Å²) in [6, 6.07) is 0. The summed E-state index contributed by atoms with van der Waals surface area (Å²) in [6.07, 6.45) is 33.5. The van der Waals surface area contributed by atoms with E-state index in [1.54, 1.807) is 0 Å². The van der Waals surface area contributed by atoms with Crippen molar-refractivity contribution >= 4 is 11.8 Å². The molecule has 0 amide bonds. The number of rotatable bonds is 28. The summed E-state index contributed by atoms with van der Waals surface area (Å²) < 4.78 is 4.65. The molecule has 0 saturated heterocycles. The molecular formula is C31H60O3. The number of ether oxygens (including phenoxy) is 1. The Labute approximate surface area is 213 Å². The minimum atomic E-state index is -0.0990. The van der Waals surface area contributed by atoms with E-state index in [2.05, 4.69) is 11.7 Å². The zero-order chi connectivity index (χ0) is 25.0. The zero-order valence-corrected chi connectivity index (χ0v) is 23.3. The summed E-state index contributed by atoms with van der Waals surface area (Å²) in [5.74, 6) is 0.372. The molecule has 0 unspecified atom stereocenters. The molecule has 0 saturated carbocycles. The van der Waals surface area contributed by atoms with Crippen LogP contribution in [0.25, 0.3) is 0 Å². The van der Waals surface area contributed by atoms with Gasteiger partial charge < -0.3 is 4.74 Å². The number of hydrogen-bond acceptors (Lipinski definition) is 3. The standard InChI is InChI=1S/C31H60O3/c1-3-4-5-6-7-8-9-10-11-12-13-14-15-16-18-21-24-27-30(32)28-25-22-19-17-20-23-26-29-31(33)34-2/h3-29H2,1-2H3. The fraction of sp³-hybridized carbons (Fsp3) is 0.935. The first-order valence-electron chi connectivity index (χ1n) is 15.3. The van der Waals surface area contributed by atoms with Crippen molar-refractivity contribution in [1.82, 2.24) is 0 Å². The highest BCUT2D eigenvalue weighted by molar-refractivity contribution is 5.78. The number of methoxy groups -OCH3 is 1. The second-order valence-corrected chi connectivity index (χ2v) is 10.5. The first-order valence-corrected chi connectivity index (χ1v) is 15.3. The number of Topliss-reactive ketones (excluding diaryl/α,β-unsaturated/α-hetero) is 1. The van der Waals surface area contributed by atoms with Crippen LogP contribution in [0, 0.1) is 0 Å². The maximum absolute atomic E-state index is 12.0. The lowest BCUT2D eigenvalue weighted by Crippen LogP contribution is -1.99. The van der Waals surface area contributed by atoms with Gasteiger partial charge in [-0.05, 0) is 19.3 Å². The molecule has 0 N–H and O–H groups in total. The largest absolute Gasteiger partial charge is 0.469 e. The molecule has 0 spiro atoms. The molecule has 0 rings (SSSR count). The molecule has 0 bridgehead atoms. The van der Waals surface area contributed by atoms with Gasteiger partial charge in [-0.1, -0.05) is 142 Å². The van der Waals surface area contributed by atoms with Gasteiger partial charge in [0.05, 0.1) is 7.11 Å². The first-order chi connectivity index (χ1) is 16.7. The molecule has 0 aromatic carbocycles. The highest BCUT2D eigenvalue weighted by atomic mass is 16.5. The second-order valence-electron chi connectivity index (χ2n) is 10.5. The fourth-order valence-corrected chi connectivity index (χ4v) is 4.75. The highest BCUT2D eigenvalue weighted by Crippen LogP contribution is 2.15. The summed E-state index contributed by atoms with van der Waals surface area (Å²) in [5.41, 5.74) is 0. The van der Waals surface area contributed by atoms with Gasteiger partial charge in [0.25, 0.3) is 0 Å². The predicted octanol–water partition coefficient (Wildman–Crippen LogP) is 10.3. The minimum absolute atomic E-state index is 0.0990. The topological polar surface area (TPSA) is 43.4 Å². The van der Waals surface area contributed by atoms with Gasteiger partial charge in [0.2, 0.25) is 0 Å². The van der Waals surface area contributed by atoms with Gasteiger partial charge in [-0.3, -0.25) is 9.59 Å². The molecule has 202 valence electrons. The van der Waals surface area contributed by atoms with Crippen LogP contribution in [0.15, 0.2) is 0 Å². The maximum Gasteiger partial charge on any atom is 0.305 e. The van der Waals surface area contributed by atoms with Gasteiger partial charge in [-0.15, -0.1) is 0 Å². The van der Waals surface area contributed by atoms with Crippen molar-refractivity contribution in [2.75, 3.05) is 7.11 Å². The molecule has 34 heavy (non-hydrogen) atoms. The quantitative estimate of drug-likeness (QED) is 0.0826. The molecule has 0 fully saturated rings. The van der Waals surface area contributed by atoms with E-state index in [0.29, 0.717) is 12.2 Å². The molecular weight excluding hydrogens is 420 g/mol. The Morgan fingerprint density at radius 3 is 0.971 bits per heavy atom. The Bertz CT molecular complexity index is 432. The highest BCUT2D eigenvalue weighted by Gasteiger charge is 2.03. The molecule has 0 aromatic rings. The lowest BCUT2D eigenvalue weighted by molar-refractivity contribution is -0.140. The molecule has 0 aliphatic rings. The predicted molar refractivity (Wildman–Crippen MR) is 147 cm³/mol. The summed E-state index contributed by atoms with van der Waals surface area (Å²) in [5, 5.41) is 0. The number of carbonyl (C=O) groups is 2. The third kappa shape index (κ3) is 27.4. The van der Waals surface area contributed by atoms with Crippen LogP contribution in [-0.4, -0.2) is 18.9 Å². The Balaban J connectivity index is 3.16. The fourth-order valence-electron chi connectivity index (χ4n) is 4.75. The van der Waals surface area contributed by atoms with Gasteiger partial charge in [-0.2, -0.15) is 0 Å². The van der Waals surface area contributed by atoms with E-state index in [1.807, 2.05) is 0 Å². The van der Waals surface area contributed by atoms with Crippen LogP contribution < -0.4 is 0 Å². The molecule has 0 aliphatic heterocycles. The van der Waals surface area contributed by atoms with Crippen molar-refractivity contribution in [2.24, 2.45) is 0 Å². The third-order valence-electron chi connectivity index (χ3n) is 7.12. The van der Waals surface area contributed by atoms with Crippen molar-refractivity contribution in [3.8, 4) is 0 Å². The third-order valence-corrected chi connectivity index (χ3v) is 7.12. The van der Waals surface area contributed by atoms with Gasteiger partial charge in [0, 0.05) is 19.3 Å². The van der Waals surface area contributed by atoms with Crippen molar-refractivity contribution in [3.05, 3.63) is 0 Å². The summed E-state index contributed by atoms with van der Waals surface area (Å²) in [4.78, 5) is 23.1. The normalized spacial score (nSPS) is 11.1. The number of carbonyl (C=O) groups excluding carboxylic acids is 2. The molecule has 0 atom stereocenters. The summed E-state index contributed by atoms with van der Waals surface area (Å²) in [6.45, 7) is 2.29. The van der Waals surface area contributed by atoms with Crippen LogP contribution in [0.5, 0.6) is 0 Å². The lowest BCUT2D eigenvalue weighted by atomic mass is 10.0. The van der Waals surface area contributed by atoms with E-state index in [0.717, 1.165) is 38.5 Å². The van der Waals surface area contributed by atoms with E-state index in [-0.39, 0.29) is 5.97 Å².